The van der Waals surface area contributed by atoms with Gasteiger partial charge in [0.2, 0.25) is 0 Å². The maximum absolute atomic E-state index is 2.52. The minimum atomic E-state index is 1.08. The zero-order valence-corrected chi connectivity index (χ0v) is 21.7. The first-order valence-corrected chi connectivity index (χ1v) is 13.8. The molecular weight excluding hydrogens is 438 g/mol. The lowest BCUT2D eigenvalue weighted by atomic mass is 10.1. The van der Waals surface area contributed by atoms with E-state index in [2.05, 4.69) is 118 Å². The van der Waals surface area contributed by atoms with Crippen LogP contribution in [0.5, 0.6) is 0 Å². The molecule has 36 heavy (non-hydrogen) atoms. The molecule has 0 aliphatic rings. The van der Waals surface area contributed by atoms with Crippen molar-refractivity contribution in [3.8, 4) is 11.1 Å². The largest absolute Gasteiger partial charge is 0.340 e. The van der Waals surface area contributed by atoms with Gasteiger partial charge in [-0.05, 0) is 36.1 Å². The van der Waals surface area contributed by atoms with Gasteiger partial charge in [-0.1, -0.05) is 62.6 Å². The van der Waals surface area contributed by atoms with Crippen LogP contribution in [0.25, 0.3) is 32.9 Å². The second-order valence-electron chi connectivity index (χ2n) is 9.96. The van der Waals surface area contributed by atoms with Crippen LogP contribution in [0.1, 0.15) is 51.9 Å². The van der Waals surface area contributed by atoms with E-state index >= 15 is 0 Å². The Bertz CT molecular complexity index is 1330. The van der Waals surface area contributed by atoms with E-state index < -0.39 is 0 Å². The fraction of sp³-hybridized carbons (Fsp3) is 0.333. The molecule has 0 bridgehead atoms. The maximum atomic E-state index is 2.52. The maximum Gasteiger partial charge on any atom is 0.169 e. The Morgan fingerprint density at radius 1 is 0.528 bits per heavy atom. The van der Waals surface area contributed by atoms with Crippen LogP contribution in [-0.4, -0.2) is 4.57 Å². The summed E-state index contributed by atoms with van der Waals surface area (Å²) in [5, 5.41) is 2.75. The highest BCUT2D eigenvalue weighted by Gasteiger charge is 2.09. The molecule has 3 nitrogen and oxygen atoms in total. The lowest BCUT2D eigenvalue weighted by Gasteiger charge is -2.07. The van der Waals surface area contributed by atoms with Crippen LogP contribution in [0.15, 0.2) is 97.6 Å². The molecule has 3 heteroatoms. The molecule has 0 amide bonds. The van der Waals surface area contributed by atoms with Gasteiger partial charge in [0.15, 0.2) is 24.8 Å². The van der Waals surface area contributed by atoms with Crippen LogP contribution in [0.2, 0.25) is 0 Å². The molecule has 0 radical (unpaired) electrons. The van der Waals surface area contributed by atoms with Gasteiger partial charge in [0.25, 0.3) is 0 Å². The molecule has 3 heterocycles. The number of pyridine rings is 2. The molecule has 184 valence electrons. The SMILES string of the molecule is CCC[n+]1ccc(-c2cc[n+](CCCCCCCCn3c4ccccc4c4ccccc43)cc2)cc1. The summed E-state index contributed by atoms with van der Waals surface area (Å²) in [6, 6.07) is 26.6. The number of unbranched alkanes of at least 4 members (excludes halogenated alkanes) is 5. The third-order valence-electron chi connectivity index (χ3n) is 7.33. The van der Waals surface area contributed by atoms with E-state index in [1.54, 1.807) is 0 Å². The van der Waals surface area contributed by atoms with Crippen LogP contribution in [0.3, 0.4) is 0 Å². The Kier molecular flexibility index (Phi) is 8.07. The summed E-state index contributed by atoms with van der Waals surface area (Å²) in [6.07, 6.45) is 17.8. The Labute approximate surface area is 215 Å². The lowest BCUT2D eigenvalue weighted by molar-refractivity contribution is -0.697. The standard InChI is InChI=1S/C33H39N3/c1-2-21-34-24-17-28(18-25-34)29-19-26-35(27-20-29)22-11-5-3-4-6-12-23-36-32-15-9-7-13-30(32)31-14-8-10-16-33(31)36/h7-10,13-20,24-27H,2-6,11-12,21-23H2,1H3/q+2. The molecule has 5 aromatic rings. The number of nitrogens with zero attached hydrogens (tertiary/aromatic N) is 3. The van der Waals surface area contributed by atoms with Crippen molar-refractivity contribution < 1.29 is 9.13 Å². The molecule has 0 saturated carbocycles. The highest BCUT2D eigenvalue weighted by atomic mass is 15.0. The van der Waals surface area contributed by atoms with Crippen LogP contribution in [-0.2, 0) is 19.6 Å². The zero-order valence-electron chi connectivity index (χ0n) is 21.7. The molecule has 0 aliphatic carbocycles. The average Bonchev–Trinajstić information content (AvgIpc) is 3.25. The second-order valence-corrected chi connectivity index (χ2v) is 9.96. The van der Waals surface area contributed by atoms with Crippen molar-refractivity contribution in [2.45, 2.75) is 71.5 Å². The quantitative estimate of drug-likeness (QED) is 0.130. The number of hydrogen-bond donors (Lipinski definition) is 0. The molecule has 5 rings (SSSR count). The summed E-state index contributed by atoms with van der Waals surface area (Å²) in [5.74, 6) is 0. The van der Waals surface area contributed by atoms with Crippen molar-refractivity contribution in [1.82, 2.24) is 4.57 Å². The molecule has 3 aromatic heterocycles. The van der Waals surface area contributed by atoms with Crippen molar-refractivity contribution in [2.75, 3.05) is 0 Å². The summed E-state index contributed by atoms with van der Waals surface area (Å²) in [4.78, 5) is 0. The Morgan fingerprint density at radius 2 is 1.00 bits per heavy atom. The molecule has 0 N–H and O–H groups in total. The molecule has 0 fully saturated rings. The fourth-order valence-corrected chi connectivity index (χ4v) is 5.37. The predicted molar refractivity (Wildman–Crippen MR) is 150 cm³/mol. The number of fused-ring (bicyclic) bond motifs is 3. The number of para-hydroxylation sites is 2. The van der Waals surface area contributed by atoms with E-state index in [4.69, 9.17) is 0 Å². The summed E-state index contributed by atoms with van der Waals surface area (Å²) in [7, 11) is 0. The van der Waals surface area contributed by atoms with E-state index in [1.807, 2.05) is 0 Å². The van der Waals surface area contributed by atoms with Gasteiger partial charge in [0.1, 0.15) is 13.1 Å². The fourth-order valence-electron chi connectivity index (χ4n) is 5.37. The van der Waals surface area contributed by atoms with Crippen molar-refractivity contribution in [1.29, 1.82) is 0 Å². The highest BCUT2D eigenvalue weighted by Crippen LogP contribution is 2.29. The highest BCUT2D eigenvalue weighted by molar-refractivity contribution is 6.07. The number of benzene rings is 2. The van der Waals surface area contributed by atoms with Crippen molar-refractivity contribution in [3.63, 3.8) is 0 Å². The monoisotopic (exact) mass is 477 g/mol. The number of rotatable bonds is 12. The van der Waals surface area contributed by atoms with E-state index in [0.29, 0.717) is 0 Å². The average molecular weight is 478 g/mol. The number of aryl methyl sites for hydroxylation is 3. The summed E-state index contributed by atoms with van der Waals surface area (Å²) >= 11 is 0. The Hall–Kier alpha value is -3.46. The van der Waals surface area contributed by atoms with Gasteiger partial charge in [0.05, 0.1) is 0 Å². The van der Waals surface area contributed by atoms with Crippen LogP contribution < -0.4 is 9.13 Å². The molecule has 0 aliphatic heterocycles. The van der Waals surface area contributed by atoms with E-state index in [0.717, 1.165) is 26.1 Å². The van der Waals surface area contributed by atoms with E-state index in [9.17, 15) is 0 Å². The van der Waals surface area contributed by atoms with Gasteiger partial charge in [-0.3, -0.25) is 0 Å². The van der Waals surface area contributed by atoms with E-state index in [-0.39, 0.29) is 0 Å². The zero-order chi connectivity index (χ0) is 24.6. The minimum Gasteiger partial charge on any atom is -0.340 e. The normalized spacial score (nSPS) is 11.5. The number of hydrogen-bond acceptors (Lipinski definition) is 0. The van der Waals surface area contributed by atoms with E-state index in [1.165, 1.54) is 71.5 Å². The van der Waals surface area contributed by atoms with Crippen molar-refractivity contribution >= 4 is 21.8 Å². The van der Waals surface area contributed by atoms with Crippen LogP contribution in [0, 0.1) is 0 Å². The lowest BCUT2D eigenvalue weighted by Crippen LogP contribution is -2.32. The Morgan fingerprint density at radius 3 is 1.56 bits per heavy atom. The first-order valence-electron chi connectivity index (χ1n) is 13.8. The Balaban J connectivity index is 1.03. The van der Waals surface area contributed by atoms with Crippen molar-refractivity contribution in [2.24, 2.45) is 0 Å². The summed E-state index contributed by atoms with van der Waals surface area (Å²) in [6.45, 7) is 5.50. The summed E-state index contributed by atoms with van der Waals surface area (Å²) in [5.41, 5.74) is 5.32. The van der Waals surface area contributed by atoms with Gasteiger partial charge in [-0.2, -0.15) is 0 Å². The third kappa shape index (κ3) is 5.67. The van der Waals surface area contributed by atoms with Gasteiger partial charge in [-0.15, -0.1) is 0 Å². The molecule has 0 atom stereocenters. The smallest absolute Gasteiger partial charge is 0.169 e. The second kappa shape index (κ2) is 12.0. The topological polar surface area (TPSA) is 12.7 Å². The number of aromatic nitrogens is 3. The molecular formula is C33H39N3+2. The molecule has 2 aromatic carbocycles. The van der Waals surface area contributed by atoms with Crippen molar-refractivity contribution in [3.05, 3.63) is 97.6 Å². The first kappa shape index (κ1) is 24.2. The molecule has 0 unspecified atom stereocenters. The summed E-state index contributed by atoms with van der Waals surface area (Å²) < 4.78 is 7.09. The first-order chi connectivity index (χ1) is 17.8. The van der Waals surface area contributed by atoms with Gasteiger partial charge >= 0.3 is 0 Å². The van der Waals surface area contributed by atoms with Crippen LogP contribution >= 0.6 is 0 Å². The van der Waals surface area contributed by atoms with Gasteiger partial charge < -0.3 is 4.57 Å². The third-order valence-corrected chi connectivity index (χ3v) is 7.33. The van der Waals surface area contributed by atoms with Crippen LogP contribution in [0.4, 0.5) is 0 Å². The minimum absolute atomic E-state index is 1.08. The molecule has 0 saturated heterocycles. The predicted octanol–water partition coefficient (Wildman–Crippen LogP) is 7.49. The molecule has 0 spiro atoms. The van der Waals surface area contributed by atoms with Gasteiger partial charge in [0, 0.05) is 65.5 Å². The van der Waals surface area contributed by atoms with Gasteiger partial charge in [-0.25, -0.2) is 9.13 Å².